The van der Waals surface area contributed by atoms with Gasteiger partial charge in [-0.25, -0.2) is 0 Å². The van der Waals surface area contributed by atoms with Crippen LogP contribution >= 0.6 is 0 Å². The lowest BCUT2D eigenvalue weighted by Crippen LogP contribution is -2.22. The lowest BCUT2D eigenvalue weighted by atomic mass is 10.1. The summed E-state index contributed by atoms with van der Waals surface area (Å²) in [5.74, 6) is 0. The summed E-state index contributed by atoms with van der Waals surface area (Å²) in [6.45, 7) is 4.56. The minimum Gasteiger partial charge on any atom is -0.377 e. The van der Waals surface area contributed by atoms with Crippen molar-refractivity contribution in [3.63, 3.8) is 0 Å². The number of hydrogen-bond donors (Lipinski definition) is 1. The highest BCUT2D eigenvalue weighted by Gasteiger charge is 2.14. The normalized spacial score (nSPS) is 15.6. The van der Waals surface area contributed by atoms with E-state index in [1.807, 2.05) is 25.1 Å². The molecule has 102 valence electrons. The van der Waals surface area contributed by atoms with Gasteiger partial charge in [-0.3, -0.25) is 0 Å². The van der Waals surface area contributed by atoms with Crippen molar-refractivity contribution in [2.75, 3.05) is 13.2 Å². The molecule has 0 heterocycles. The van der Waals surface area contributed by atoms with Crippen molar-refractivity contribution in [1.82, 2.24) is 5.32 Å². The molecule has 1 aromatic rings. The van der Waals surface area contributed by atoms with Crippen molar-refractivity contribution in [1.29, 1.82) is 5.26 Å². The van der Waals surface area contributed by atoms with E-state index in [1.54, 1.807) is 0 Å². The van der Waals surface area contributed by atoms with Crippen molar-refractivity contribution in [3.8, 4) is 6.07 Å². The Kier molecular flexibility index (Phi) is 5.38. The fourth-order valence-corrected chi connectivity index (χ4v) is 2.54. The van der Waals surface area contributed by atoms with Crippen molar-refractivity contribution >= 4 is 0 Å². The lowest BCUT2D eigenvalue weighted by Gasteiger charge is -2.12. The average molecular weight is 258 g/mol. The topological polar surface area (TPSA) is 45.0 Å². The monoisotopic (exact) mass is 258 g/mol. The van der Waals surface area contributed by atoms with Gasteiger partial charge in [-0.1, -0.05) is 18.9 Å². The van der Waals surface area contributed by atoms with Gasteiger partial charge in [0.05, 0.1) is 24.3 Å². The summed E-state index contributed by atoms with van der Waals surface area (Å²) in [6.07, 6.45) is 5.60. The second-order valence-corrected chi connectivity index (χ2v) is 5.21. The molecule has 1 aliphatic rings. The molecule has 0 bridgehead atoms. The molecule has 2 rings (SSSR count). The highest BCUT2D eigenvalue weighted by molar-refractivity contribution is 5.37. The van der Waals surface area contributed by atoms with E-state index in [2.05, 4.69) is 11.4 Å². The van der Waals surface area contributed by atoms with E-state index in [9.17, 15) is 0 Å². The third-order valence-electron chi connectivity index (χ3n) is 3.72. The van der Waals surface area contributed by atoms with Crippen LogP contribution in [0, 0.1) is 18.3 Å². The Morgan fingerprint density at radius 2 is 2.16 bits per heavy atom. The van der Waals surface area contributed by atoms with Gasteiger partial charge >= 0.3 is 0 Å². The molecule has 1 saturated carbocycles. The molecule has 0 aliphatic heterocycles. The molecule has 1 aliphatic carbocycles. The number of aryl methyl sites for hydroxylation is 1. The van der Waals surface area contributed by atoms with Gasteiger partial charge in [0.25, 0.3) is 0 Å². The molecule has 0 atom stereocenters. The van der Waals surface area contributed by atoms with E-state index in [4.69, 9.17) is 10.00 Å². The zero-order valence-electron chi connectivity index (χ0n) is 11.6. The summed E-state index contributed by atoms with van der Waals surface area (Å²) in [5, 5.41) is 12.2. The van der Waals surface area contributed by atoms with E-state index in [1.165, 1.54) is 36.8 Å². The number of nitrogens with zero attached hydrogens (tertiary/aromatic N) is 1. The summed E-state index contributed by atoms with van der Waals surface area (Å²) < 4.78 is 5.80. The van der Waals surface area contributed by atoms with Crippen LogP contribution in [0.1, 0.15) is 42.4 Å². The number of hydrogen-bond acceptors (Lipinski definition) is 3. The molecular weight excluding hydrogens is 236 g/mol. The van der Waals surface area contributed by atoms with Gasteiger partial charge in [-0.2, -0.15) is 5.26 Å². The SMILES string of the molecule is Cc1cc(C#N)ccc1CNCCOC1CCCC1. The summed E-state index contributed by atoms with van der Waals surface area (Å²) >= 11 is 0. The standard InChI is InChI=1S/C16H22N2O/c1-13-10-14(11-17)6-7-15(13)12-18-8-9-19-16-4-2-3-5-16/h6-7,10,16,18H,2-5,8-9,12H2,1H3. The fraction of sp³-hybridized carbons (Fsp3) is 0.562. The van der Waals surface area contributed by atoms with Crippen LogP contribution in [0.5, 0.6) is 0 Å². The predicted octanol–water partition coefficient (Wildman–Crippen LogP) is 2.92. The van der Waals surface area contributed by atoms with Crippen LogP contribution in [0.25, 0.3) is 0 Å². The lowest BCUT2D eigenvalue weighted by molar-refractivity contribution is 0.0602. The minimum atomic E-state index is 0.499. The Labute approximate surface area is 115 Å². The molecule has 1 N–H and O–H groups in total. The molecule has 0 radical (unpaired) electrons. The molecule has 1 aromatic carbocycles. The Morgan fingerprint density at radius 1 is 1.37 bits per heavy atom. The van der Waals surface area contributed by atoms with Crippen molar-refractivity contribution in [2.24, 2.45) is 0 Å². The molecule has 0 aromatic heterocycles. The van der Waals surface area contributed by atoms with Crippen LogP contribution in [0.4, 0.5) is 0 Å². The minimum absolute atomic E-state index is 0.499. The summed E-state index contributed by atoms with van der Waals surface area (Å²) in [6, 6.07) is 8.00. The van der Waals surface area contributed by atoms with Gasteiger partial charge in [-0.05, 0) is 43.0 Å². The van der Waals surface area contributed by atoms with Gasteiger partial charge in [0.2, 0.25) is 0 Å². The highest BCUT2D eigenvalue weighted by atomic mass is 16.5. The summed E-state index contributed by atoms with van der Waals surface area (Å²) in [4.78, 5) is 0. The maximum atomic E-state index is 8.82. The van der Waals surface area contributed by atoms with Gasteiger partial charge in [0.15, 0.2) is 0 Å². The molecule has 0 spiro atoms. The summed E-state index contributed by atoms with van der Waals surface area (Å²) in [5.41, 5.74) is 3.15. The fourth-order valence-electron chi connectivity index (χ4n) is 2.54. The molecule has 3 heteroatoms. The van der Waals surface area contributed by atoms with Crippen LogP contribution in [0.2, 0.25) is 0 Å². The molecule has 0 unspecified atom stereocenters. The first-order valence-electron chi connectivity index (χ1n) is 7.11. The first-order chi connectivity index (χ1) is 9.29. The van der Waals surface area contributed by atoms with E-state index in [0.29, 0.717) is 6.10 Å². The molecular formula is C16H22N2O. The van der Waals surface area contributed by atoms with E-state index < -0.39 is 0 Å². The third-order valence-corrected chi connectivity index (χ3v) is 3.72. The molecule has 0 saturated heterocycles. The Bertz CT molecular complexity index is 445. The Hall–Kier alpha value is -1.37. The number of benzene rings is 1. The quantitative estimate of drug-likeness (QED) is 0.798. The van der Waals surface area contributed by atoms with Crippen molar-refractivity contribution in [2.45, 2.75) is 45.3 Å². The molecule has 1 fully saturated rings. The smallest absolute Gasteiger partial charge is 0.0991 e. The maximum absolute atomic E-state index is 8.82. The second kappa shape index (κ2) is 7.28. The average Bonchev–Trinajstić information content (AvgIpc) is 2.93. The van der Waals surface area contributed by atoms with Gasteiger partial charge in [-0.15, -0.1) is 0 Å². The van der Waals surface area contributed by atoms with Gasteiger partial charge in [0.1, 0.15) is 0 Å². The van der Waals surface area contributed by atoms with Gasteiger partial charge in [0, 0.05) is 13.1 Å². The number of nitriles is 1. The van der Waals surface area contributed by atoms with Crippen LogP contribution in [-0.4, -0.2) is 19.3 Å². The van der Waals surface area contributed by atoms with Crippen LogP contribution < -0.4 is 5.32 Å². The zero-order valence-corrected chi connectivity index (χ0v) is 11.6. The zero-order chi connectivity index (χ0) is 13.5. The van der Waals surface area contributed by atoms with Crippen LogP contribution in [0.3, 0.4) is 0 Å². The van der Waals surface area contributed by atoms with Crippen LogP contribution in [-0.2, 0) is 11.3 Å². The first-order valence-corrected chi connectivity index (χ1v) is 7.11. The Morgan fingerprint density at radius 3 is 2.84 bits per heavy atom. The number of rotatable bonds is 6. The molecule has 3 nitrogen and oxygen atoms in total. The predicted molar refractivity (Wildman–Crippen MR) is 75.8 cm³/mol. The molecule has 0 amide bonds. The second-order valence-electron chi connectivity index (χ2n) is 5.21. The largest absolute Gasteiger partial charge is 0.377 e. The maximum Gasteiger partial charge on any atom is 0.0991 e. The van der Waals surface area contributed by atoms with E-state index in [-0.39, 0.29) is 0 Å². The Balaban J connectivity index is 1.66. The van der Waals surface area contributed by atoms with Gasteiger partial charge < -0.3 is 10.1 Å². The number of ether oxygens (including phenoxy) is 1. The van der Waals surface area contributed by atoms with Crippen molar-refractivity contribution < 1.29 is 4.74 Å². The highest BCUT2D eigenvalue weighted by Crippen LogP contribution is 2.20. The number of nitrogens with one attached hydrogen (secondary N) is 1. The first kappa shape index (κ1) is 14.0. The summed E-state index contributed by atoms with van der Waals surface area (Å²) in [7, 11) is 0. The molecule has 19 heavy (non-hydrogen) atoms. The van der Waals surface area contributed by atoms with Crippen LogP contribution in [0.15, 0.2) is 18.2 Å². The van der Waals surface area contributed by atoms with E-state index >= 15 is 0 Å². The third kappa shape index (κ3) is 4.34. The van der Waals surface area contributed by atoms with Crippen molar-refractivity contribution in [3.05, 3.63) is 34.9 Å². The van der Waals surface area contributed by atoms with E-state index in [0.717, 1.165) is 25.3 Å².